The largest absolute Gasteiger partial charge is 0.372 e. The van der Waals surface area contributed by atoms with Gasteiger partial charge in [-0.25, -0.2) is 8.42 Å². The van der Waals surface area contributed by atoms with E-state index in [-0.39, 0.29) is 0 Å². The predicted molar refractivity (Wildman–Crippen MR) is 83.2 cm³/mol. The Kier molecular flexibility index (Phi) is 3.80. The van der Waals surface area contributed by atoms with Gasteiger partial charge in [0.25, 0.3) is 0 Å². The summed E-state index contributed by atoms with van der Waals surface area (Å²) in [6.07, 6.45) is 2.36. The van der Waals surface area contributed by atoms with Crippen molar-refractivity contribution in [2.24, 2.45) is 0 Å². The minimum absolute atomic E-state index is 0.373. The maximum absolute atomic E-state index is 12.5. The quantitative estimate of drug-likeness (QED) is 0.870. The average Bonchev–Trinajstić information content (AvgIpc) is 2.98. The molecule has 1 aliphatic rings. The fourth-order valence-corrected chi connectivity index (χ4v) is 3.95. The zero-order valence-corrected chi connectivity index (χ0v) is 12.5. The molecule has 0 atom stereocenters. The SMILES string of the molecule is O=S(=O)(C1=CN(Cc2ccccc2)CC1)c1ccccc1. The van der Waals surface area contributed by atoms with Gasteiger partial charge in [0.15, 0.2) is 0 Å². The summed E-state index contributed by atoms with van der Waals surface area (Å²) in [7, 11) is -3.34. The van der Waals surface area contributed by atoms with E-state index in [2.05, 4.69) is 17.0 Å². The monoisotopic (exact) mass is 299 g/mol. The Morgan fingerprint density at radius 1 is 0.905 bits per heavy atom. The van der Waals surface area contributed by atoms with Crippen LogP contribution in [0.4, 0.5) is 0 Å². The maximum atomic E-state index is 12.5. The standard InChI is InChI=1S/C17H17NO2S/c19-21(20,16-9-5-2-6-10-16)17-11-12-18(14-17)13-15-7-3-1-4-8-15/h1-10,14H,11-13H2. The molecule has 2 aromatic carbocycles. The highest BCUT2D eigenvalue weighted by Crippen LogP contribution is 2.27. The number of sulfone groups is 1. The van der Waals surface area contributed by atoms with Crippen molar-refractivity contribution < 1.29 is 8.42 Å². The molecule has 0 radical (unpaired) electrons. The van der Waals surface area contributed by atoms with Gasteiger partial charge in [0.05, 0.1) is 9.80 Å². The van der Waals surface area contributed by atoms with Crippen LogP contribution >= 0.6 is 0 Å². The Morgan fingerprint density at radius 2 is 1.52 bits per heavy atom. The normalized spacial score (nSPS) is 15.0. The Labute approximate surface area is 125 Å². The second-order valence-corrected chi connectivity index (χ2v) is 7.12. The first-order chi connectivity index (χ1) is 10.2. The Balaban J connectivity index is 1.80. The van der Waals surface area contributed by atoms with Gasteiger partial charge in [-0.15, -0.1) is 0 Å². The first kappa shape index (κ1) is 13.9. The first-order valence-electron chi connectivity index (χ1n) is 6.95. The summed E-state index contributed by atoms with van der Waals surface area (Å²) < 4.78 is 25.1. The minimum atomic E-state index is -3.34. The van der Waals surface area contributed by atoms with Crippen molar-refractivity contribution in [1.82, 2.24) is 4.90 Å². The van der Waals surface area contributed by atoms with Gasteiger partial charge in [-0.05, 0) is 17.7 Å². The Bertz CT molecular complexity index is 737. The zero-order valence-electron chi connectivity index (χ0n) is 11.6. The van der Waals surface area contributed by atoms with E-state index in [1.807, 2.05) is 24.3 Å². The van der Waals surface area contributed by atoms with E-state index in [0.717, 1.165) is 13.1 Å². The van der Waals surface area contributed by atoms with E-state index < -0.39 is 9.84 Å². The van der Waals surface area contributed by atoms with Gasteiger partial charge in [-0.1, -0.05) is 48.5 Å². The van der Waals surface area contributed by atoms with Gasteiger partial charge in [-0.2, -0.15) is 0 Å². The summed E-state index contributed by atoms with van der Waals surface area (Å²) in [4.78, 5) is 2.94. The van der Waals surface area contributed by atoms with Crippen LogP contribution in [0.1, 0.15) is 12.0 Å². The van der Waals surface area contributed by atoms with Crippen molar-refractivity contribution in [3.05, 3.63) is 77.3 Å². The minimum Gasteiger partial charge on any atom is -0.372 e. The molecule has 0 spiro atoms. The number of benzene rings is 2. The summed E-state index contributed by atoms with van der Waals surface area (Å²) in [5.41, 5.74) is 1.19. The first-order valence-corrected chi connectivity index (χ1v) is 8.43. The lowest BCUT2D eigenvalue weighted by Gasteiger charge is -2.14. The van der Waals surface area contributed by atoms with Crippen molar-refractivity contribution in [2.45, 2.75) is 17.9 Å². The summed E-state index contributed by atoms with van der Waals surface area (Å²) in [6, 6.07) is 18.7. The molecular formula is C17H17NO2S. The predicted octanol–water partition coefficient (Wildman–Crippen LogP) is 3.21. The van der Waals surface area contributed by atoms with Crippen LogP contribution in [-0.2, 0) is 16.4 Å². The summed E-state index contributed by atoms with van der Waals surface area (Å²) >= 11 is 0. The maximum Gasteiger partial charge on any atom is 0.204 e. The lowest BCUT2D eigenvalue weighted by Crippen LogP contribution is -2.13. The zero-order chi connectivity index (χ0) is 14.7. The van der Waals surface area contributed by atoms with Gasteiger partial charge in [0, 0.05) is 25.7 Å². The lowest BCUT2D eigenvalue weighted by molar-refractivity contribution is 0.400. The van der Waals surface area contributed by atoms with Gasteiger partial charge in [-0.3, -0.25) is 0 Å². The molecule has 108 valence electrons. The molecule has 0 fully saturated rings. The smallest absolute Gasteiger partial charge is 0.204 e. The van der Waals surface area contributed by atoms with E-state index in [4.69, 9.17) is 0 Å². The van der Waals surface area contributed by atoms with Crippen LogP contribution in [0.2, 0.25) is 0 Å². The van der Waals surface area contributed by atoms with Crippen molar-refractivity contribution in [3.8, 4) is 0 Å². The molecule has 0 saturated carbocycles. The molecule has 0 aliphatic carbocycles. The molecule has 1 heterocycles. The molecule has 4 heteroatoms. The summed E-state index contributed by atoms with van der Waals surface area (Å²) in [5.74, 6) is 0. The third kappa shape index (κ3) is 3.00. The molecule has 0 N–H and O–H groups in total. The third-order valence-electron chi connectivity index (χ3n) is 3.60. The summed E-state index contributed by atoms with van der Waals surface area (Å²) in [6.45, 7) is 1.49. The number of hydrogen-bond acceptors (Lipinski definition) is 3. The second-order valence-electron chi connectivity index (χ2n) is 5.12. The van der Waals surface area contributed by atoms with E-state index in [0.29, 0.717) is 16.2 Å². The van der Waals surface area contributed by atoms with Crippen molar-refractivity contribution >= 4 is 9.84 Å². The highest BCUT2D eigenvalue weighted by Gasteiger charge is 2.25. The van der Waals surface area contributed by atoms with Gasteiger partial charge in [0.2, 0.25) is 9.84 Å². The van der Waals surface area contributed by atoms with Crippen molar-refractivity contribution in [1.29, 1.82) is 0 Å². The second kappa shape index (κ2) is 5.74. The van der Waals surface area contributed by atoms with E-state index in [1.54, 1.807) is 30.5 Å². The van der Waals surface area contributed by atoms with Crippen molar-refractivity contribution in [2.75, 3.05) is 6.54 Å². The highest BCUT2D eigenvalue weighted by atomic mass is 32.2. The molecule has 0 unspecified atom stereocenters. The molecule has 3 rings (SSSR count). The van der Waals surface area contributed by atoms with Gasteiger partial charge < -0.3 is 4.90 Å². The molecule has 1 aliphatic heterocycles. The fraction of sp³-hybridized carbons (Fsp3) is 0.176. The van der Waals surface area contributed by atoms with Crippen LogP contribution in [0.15, 0.2) is 76.7 Å². The van der Waals surface area contributed by atoms with Crippen LogP contribution in [0, 0.1) is 0 Å². The van der Waals surface area contributed by atoms with Crippen LogP contribution in [0.5, 0.6) is 0 Å². The lowest BCUT2D eigenvalue weighted by atomic mass is 10.2. The van der Waals surface area contributed by atoms with Crippen LogP contribution in [0.25, 0.3) is 0 Å². The number of nitrogens with zero attached hydrogens (tertiary/aromatic N) is 1. The van der Waals surface area contributed by atoms with E-state index >= 15 is 0 Å². The van der Waals surface area contributed by atoms with Crippen molar-refractivity contribution in [3.63, 3.8) is 0 Å². The highest BCUT2D eigenvalue weighted by molar-refractivity contribution is 7.95. The number of rotatable bonds is 4. The van der Waals surface area contributed by atoms with E-state index in [9.17, 15) is 8.42 Å². The van der Waals surface area contributed by atoms with Gasteiger partial charge in [0.1, 0.15) is 0 Å². The Hall–Kier alpha value is -2.07. The van der Waals surface area contributed by atoms with Crippen LogP contribution in [-0.4, -0.2) is 19.9 Å². The average molecular weight is 299 g/mol. The molecule has 21 heavy (non-hydrogen) atoms. The third-order valence-corrected chi connectivity index (χ3v) is 5.49. The molecule has 0 amide bonds. The molecule has 3 nitrogen and oxygen atoms in total. The summed E-state index contributed by atoms with van der Waals surface area (Å²) in [5, 5.41) is 0. The van der Waals surface area contributed by atoms with Crippen LogP contribution < -0.4 is 0 Å². The van der Waals surface area contributed by atoms with E-state index in [1.165, 1.54) is 5.56 Å². The number of hydrogen-bond donors (Lipinski definition) is 0. The topological polar surface area (TPSA) is 37.4 Å². The fourth-order valence-electron chi connectivity index (χ4n) is 2.48. The molecule has 0 saturated heterocycles. The molecule has 0 aromatic heterocycles. The molecule has 0 bridgehead atoms. The van der Waals surface area contributed by atoms with Crippen LogP contribution in [0.3, 0.4) is 0 Å². The Morgan fingerprint density at radius 3 is 2.19 bits per heavy atom. The molecule has 2 aromatic rings. The molecular weight excluding hydrogens is 282 g/mol. The van der Waals surface area contributed by atoms with Gasteiger partial charge >= 0.3 is 0 Å².